The summed E-state index contributed by atoms with van der Waals surface area (Å²) < 4.78 is 0. The van der Waals surface area contributed by atoms with E-state index in [2.05, 4.69) is 15.6 Å². The lowest BCUT2D eigenvalue weighted by Crippen LogP contribution is -2.23. The number of carbonyl (C=O) groups is 1. The molecule has 0 saturated heterocycles. The van der Waals surface area contributed by atoms with Crippen molar-refractivity contribution >= 4 is 11.6 Å². The number of hydrogen-bond donors (Lipinski definition) is 2. The Bertz CT molecular complexity index is 594. The van der Waals surface area contributed by atoms with Crippen LogP contribution in [0.25, 0.3) is 0 Å². The summed E-state index contributed by atoms with van der Waals surface area (Å²) in [5, 5.41) is 6.25. The molecule has 2 aromatic rings. The van der Waals surface area contributed by atoms with Crippen molar-refractivity contribution in [3.05, 3.63) is 59.9 Å². The van der Waals surface area contributed by atoms with Gasteiger partial charge in [0.15, 0.2) is 0 Å². The maximum absolute atomic E-state index is 12.1. The molecule has 1 amide bonds. The van der Waals surface area contributed by atoms with Gasteiger partial charge < -0.3 is 10.6 Å². The van der Waals surface area contributed by atoms with Crippen LogP contribution in [0.5, 0.6) is 0 Å². The number of nitrogens with zero attached hydrogens (tertiary/aromatic N) is 1. The van der Waals surface area contributed by atoms with Gasteiger partial charge in [-0.3, -0.25) is 9.78 Å². The van der Waals surface area contributed by atoms with Gasteiger partial charge in [-0.15, -0.1) is 0 Å². The fraction of sp³-hybridized carbons (Fsp3) is 0.250. The number of amides is 1. The highest BCUT2D eigenvalue weighted by molar-refractivity contribution is 5.94. The zero-order valence-corrected chi connectivity index (χ0v) is 11.2. The molecule has 0 radical (unpaired) electrons. The van der Waals surface area contributed by atoms with Crippen LogP contribution < -0.4 is 10.6 Å². The molecule has 1 saturated carbocycles. The largest absolute Gasteiger partial charge is 0.381 e. The van der Waals surface area contributed by atoms with Gasteiger partial charge in [-0.2, -0.15) is 0 Å². The Balaban J connectivity index is 1.61. The van der Waals surface area contributed by atoms with Crippen LogP contribution in [0, 0.1) is 0 Å². The van der Waals surface area contributed by atoms with Gasteiger partial charge in [0.25, 0.3) is 5.91 Å². The Labute approximate surface area is 118 Å². The Morgan fingerprint density at radius 3 is 2.75 bits per heavy atom. The van der Waals surface area contributed by atoms with Gasteiger partial charge in [0, 0.05) is 25.0 Å². The fourth-order valence-electron chi connectivity index (χ4n) is 1.99. The number of aromatic nitrogens is 1. The number of anilines is 1. The first-order valence-corrected chi connectivity index (χ1v) is 6.85. The molecule has 0 atom stereocenters. The number of benzene rings is 1. The second-order valence-corrected chi connectivity index (χ2v) is 5.05. The van der Waals surface area contributed by atoms with E-state index in [1.807, 2.05) is 36.4 Å². The Morgan fingerprint density at radius 1 is 1.20 bits per heavy atom. The Hall–Kier alpha value is -2.36. The molecule has 102 valence electrons. The number of rotatable bonds is 5. The molecule has 0 bridgehead atoms. The summed E-state index contributed by atoms with van der Waals surface area (Å²) in [5.74, 6) is -0.0965. The number of nitrogens with one attached hydrogen (secondary N) is 2. The van der Waals surface area contributed by atoms with Crippen molar-refractivity contribution in [1.82, 2.24) is 10.3 Å². The molecule has 0 spiro atoms. The summed E-state index contributed by atoms with van der Waals surface area (Å²) in [6, 6.07) is 12.3. The minimum absolute atomic E-state index is 0.0965. The summed E-state index contributed by atoms with van der Waals surface area (Å²) in [7, 11) is 0. The lowest BCUT2D eigenvalue weighted by atomic mass is 10.2. The first-order chi connectivity index (χ1) is 9.81. The van der Waals surface area contributed by atoms with Crippen molar-refractivity contribution in [3.63, 3.8) is 0 Å². The van der Waals surface area contributed by atoms with Gasteiger partial charge in [0.05, 0.1) is 11.3 Å². The quantitative estimate of drug-likeness (QED) is 0.875. The topological polar surface area (TPSA) is 54.0 Å². The predicted molar refractivity (Wildman–Crippen MR) is 78.5 cm³/mol. The maximum Gasteiger partial charge on any atom is 0.253 e. The molecule has 2 N–H and O–H groups in total. The van der Waals surface area contributed by atoms with E-state index in [1.165, 1.54) is 12.8 Å². The minimum Gasteiger partial charge on any atom is -0.381 e. The summed E-state index contributed by atoms with van der Waals surface area (Å²) in [6.07, 6.45) is 5.75. The van der Waals surface area contributed by atoms with E-state index in [1.54, 1.807) is 12.4 Å². The van der Waals surface area contributed by atoms with Crippen molar-refractivity contribution in [2.24, 2.45) is 0 Å². The average Bonchev–Trinajstić information content (AvgIpc) is 3.30. The lowest BCUT2D eigenvalue weighted by molar-refractivity contribution is 0.0950. The summed E-state index contributed by atoms with van der Waals surface area (Å²) >= 11 is 0. The lowest BCUT2D eigenvalue weighted by Gasteiger charge is -2.08. The second-order valence-electron chi connectivity index (χ2n) is 5.05. The zero-order valence-electron chi connectivity index (χ0n) is 11.2. The summed E-state index contributed by atoms with van der Waals surface area (Å²) in [6.45, 7) is 0.528. The highest BCUT2D eigenvalue weighted by atomic mass is 16.1. The van der Waals surface area contributed by atoms with Gasteiger partial charge >= 0.3 is 0 Å². The summed E-state index contributed by atoms with van der Waals surface area (Å²) in [5.41, 5.74) is 2.59. The van der Waals surface area contributed by atoms with Crippen LogP contribution in [-0.2, 0) is 6.54 Å². The molecule has 0 unspecified atom stereocenters. The molecule has 3 rings (SSSR count). The van der Waals surface area contributed by atoms with Crippen LogP contribution in [0.3, 0.4) is 0 Å². The first-order valence-electron chi connectivity index (χ1n) is 6.85. The van der Waals surface area contributed by atoms with E-state index >= 15 is 0 Å². The molecule has 1 aliphatic carbocycles. The predicted octanol–water partition coefficient (Wildman–Crippen LogP) is 2.59. The van der Waals surface area contributed by atoms with Crippen LogP contribution in [-0.4, -0.2) is 16.9 Å². The third kappa shape index (κ3) is 3.35. The highest BCUT2D eigenvalue weighted by Crippen LogP contribution is 2.24. The fourth-order valence-corrected chi connectivity index (χ4v) is 1.99. The van der Waals surface area contributed by atoms with E-state index in [0.717, 1.165) is 11.3 Å². The zero-order chi connectivity index (χ0) is 13.8. The molecular weight excluding hydrogens is 250 g/mol. The first kappa shape index (κ1) is 12.7. The number of hydrogen-bond acceptors (Lipinski definition) is 3. The monoisotopic (exact) mass is 267 g/mol. The van der Waals surface area contributed by atoms with Crippen molar-refractivity contribution in [2.75, 3.05) is 5.32 Å². The van der Waals surface area contributed by atoms with Gasteiger partial charge in [0.2, 0.25) is 0 Å². The summed E-state index contributed by atoms with van der Waals surface area (Å²) in [4.78, 5) is 16.2. The maximum atomic E-state index is 12.1. The standard InChI is InChI=1S/C16H17N3O/c20-16(18-9-12-4-2-1-3-5-12)13-8-15(11-17-10-13)19-14-6-7-14/h1-5,8,10-11,14,19H,6-7,9H2,(H,18,20). The number of carbonyl (C=O) groups excluding carboxylic acids is 1. The molecule has 1 aliphatic rings. The Morgan fingerprint density at radius 2 is 2.00 bits per heavy atom. The van der Waals surface area contributed by atoms with Crippen molar-refractivity contribution in [3.8, 4) is 0 Å². The molecule has 4 heteroatoms. The van der Waals surface area contributed by atoms with E-state index in [4.69, 9.17) is 0 Å². The molecule has 20 heavy (non-hydrogen) atoms. The van der Waals surface area contributed by atoms with Crippen LogP contribution in [0.15, 0.2) is 48.8 Å². The third-order valence-electron chi connectivity index (χ3n) is 3.24. The highest BCUT2D eigenvalue weighted by Gasteiger charge is 2.21. The number of pyridine rings is 1. The average molecular weight is 267 g/mol. The molecule has 1 aromatic carbocycles. The van der Waals surface area contributed by atoms with E-state index in [9.17, 15) is 4.79 Å². The van der Waals surface area contributed by atoms with Crippen molar-refractivity contribution < 1.29 is 4.79 Å². The van der Waals surface area contributed by atoms with Gasteiger partial charge in [-0.1, -0.05) is 30.3 Å². The van der Waals surface area contributed by atoms with Crippen molar-refractivity contribution in [2.45, 2.75) is 25.4 Å². The SMILES string of the molecule is O=C(NCc1ccccc1)c1cncc(NC2CC2)c1. The normalized spacial score (nSPS) is 13.8. The van der Waals surface area contributed by atoms with E-state index in [-0.39, 0.29) is 5.91 Å². The third-order valence-corrected chi connectivity index (χ3v) is 3.24. The molecular formula is C16H17N3O. The van der Waals surface area contributed by atoms with Gasteiger partial charge in [-0.25, -0.2) is 0 Å². The van der Waals surface area contributed by atoms with E-state index < -0.39 is 0 Å². The smallest absolute Gasteiger partial charge is 0.253 e. The van der Waals surface area contributed by atoms with Crippen LogP contribution >= 0.6 is 0 Å². The molecule has 1 heterocycles. The van der Waals surface area contributed by atoms with Crippen LogP contribution in [0.4, 0.5) is 5.69 Å². The molecule has 1 fully saturated rings. The van der Waals surface area contributed by atoms with Crippen molar-refractivity contribution in [1.29, 1.82) is 0 Å². The molecule has 1 aromatic heterocycles. The van der Waals surface area contributed by atoms with Crippen LogP contribution in [0.1, 0.15) is 28.8 Å². The van der Waals surface area contributed by atoms with Gasteiger partial charge in [-0.05, 0) is 24.5 Å². The van der Waals surface area contributed by atoms with Crippen LogP contribution in [0.2, 0.25) is 0 Å². The second kappa shape index (κ2) is 5.74. The molecule has 4 nitrogen and oxygen atoms in total. The van der Waals surface area contributed by atoms with E-state index in [0.29, 0.717) is 18.2 Å². The minimum atomic E-state index is -0.0965. The van der Waals surface area contributed by atoms with Gasteiger partial charge in [0.1, 0.15) is 0 Å². The Kier molecular flexibility index (Phi) is 3.63. The molecule has 0 aliphatic heterocycles.